The fourth-order valence-corrected chi connectivity index (χ4v) is 1.14. The second-order valence-corrected chi connectivity index (χ2v) is 3.25. The standard InChI is InChI=1S/C11H15FO2/c1-3-11(13)8(2)14-10-6-4-9(12)5-7-10/h4-8,11,13H,3H2,1-2H3. The average Bonchev–Trinajstić information content (AvgIpc) is 2.20. The van der Waals surface area contributed by atoms with E-state index in [9.17, 15) is 9.50 Å². The van der Waals surface area contributed by atoms with Crippen molar-refractivity contribution in [2.45, 2.75) is 32.5 Å². The van der Waals surface area contributed by atoms with Crippen LogP contribution in [-0.4, -0.2) is 17.3 Å². The van der Waals surface area contributed by atoms with Crippen LogP contribution in [0, 0.1) is 5.82 Å². The third-order valence-corrected chi connectivity index (χ3v) is 2.10. The summed E-state index contributed by atoms with van der Waals surface area (Å²) < 4.78 is 17.9. The van der Waals surface area contributed by atoms with Gasteiger partial charge in [0.2, 0.25) is 0 Å². The van der Waals surface area contributed by atoms with Gasteiger partial charge in [0, 0.05) is 0 Å². The quantitative estimate of drug-likeness (QED) is 0.804. The van der Waals surface area contributed by atoms with Gasteiger partial charge in [-0.25, -0.2) is 4.39 Å². The number of aliphatic hydroxyl groups is 1. The molecule has 3 heteroatoms. The lowest BCUT2D eigenvalue weighted by Crippen LogP contribution is -2.27. The molecule has 1 rings (SSSR count). The van der Waals surface area contributed by atoms with Crippen LogP contribution < -0.4 is 4.74 Å². The van der Waals surface area contributed by atoms with E-state index in [4.69, 9.17) is 4.74 Å². The molecule has 0 amide bonds. The monoisotopic (exact) mass is 198 g/mol. The van der Waals surface area contributed by atoms with Crippen molar-refractivity contribution >= 4 is 0 Å². The summed E-state index contributed by atoms with van der Waals surface area (Å²) in [6.07, 6.45) is -0.118. The summed E-state index contributed by atoms with van der Waals surface area (Å²) in [7, 11) is 0. The van der Waals surface area contributed by atoms with Gasteiger partial charge >= 0.3 is 0 Å². The second kappa shape index (κ2) is 4.96. The summed E-state index contributed by atoms with van der Waals surface area (Å²) in [5, 5.41) is 9.44. The highest BCUT2D eigenvalue weighted by Gasteiger charge is 2.13. The minimum Gasteiger partial charge on any atom is -0.488 e. The minimum absolute atomic E-state index is 0.273. The van der Waals surface area contributed by atoms with Crippen LogP contribution in [0.2, 0.25) is 0 Å². The third kappa shape index (κ3) is 3.00. The van der Waals surface area contributed by atoms with Crippen LogP contribution >= 0.6 is 0 Å². The minimum atomic E-state index is -0.486. The molecule has 1 N–H and O–H groups in total. The first-order valence-corrected chi connectivity index (χ1v) is 4.73. The Balaban J connectivity index is 2.56. The van der Waals surface area contributed by atoms with Crippen molar-refractivity contribution in [2.75, 3.05) is 0 Å². The number of ether oxygens (including phenoxy) is 1. The lowest BCUT2D eigenvalue weighted by Gasteiger charge is -2.19. The molecule has 2 unspecified atom stereocenters. The summed E-state index contributed by atoms with van der Waals surface area (Å²) in [4.78, 5) is 0. The van der Waals surface area contributed by atoms with Gasteiger partial charge in [-0.1, -0.05) is 6.92 Å². The van der Waals surface area contributed by atoms with Crippen LogP contribution in [0.3, 0.4) is 0 Å². The van der Waals surface area contributed by atoms with E-state index in [0.717, 1.165) is 0 Å². The zero-order valence-corrected chi connectivity index (χ0v) is 8.40. The number of rotatable bonds is 4. The van der Waals surface area contributed by atoms with Crippen LogP contribution in [-0.2, 0) is 0 Å². The lowest BCUT2D eigenvalue weighted by molar-refractivity contribution is 0.0451. The van der Waals surface area contributed by atoms with Crippen LogP contribution in [0.4, 0.5) is 4.39 Å². The fraction of sp³-hybridized carbons (Fsp3) is 0.455. The van der Waals surface area contributed by atoms with Crippen molar-refractivity contribution in [1.29, 1.82) is 0 Å². The zero-order chi connectivity index (χ0) is 10.6. The van der Waals surface area contributed by atoms with E-state index in [1.54, 1.807) is 19.1 Å². The van der Waals surface area contributed by atoms with Crippen LogP contribution in [0.25, 0.3) is 0 Å². The zero-order valence-electron chi connectivity index (χ0n) is 8.40. The van der Waals surface area contributed by atoms with Crippen molar-refractivity contribution < 1.29 is 14.2 Å². The van der Waals surface area contributed by atoms with Crippen molar-refractivity contribution in [3.8, 4) is 5.75 Å². The van der Waals surface area contributed by atoms with E-state index in [1.165, 1.54) is 12.1 Å². The lowest BCUT2D eigenvalue weighted by atomic mass is 10.2. The molecule has 0 aliphatic heterocycles. The SMILES string of the molecule is CCC(O)C(C)Oc1ccc(F)cc1. The van der Waals surface area contributed by atoms with Crippen LogP contribution in [0.5, 0.6) is 5.75 Å². The molecule has 0 spiro atoms. The smallest absolute Gasteiger partial charge is 0.123 e. The van der Waals surface area contributed by atoms with E-state index < -0.39 is 6.10 Å². The summed E-state index contributed by atoms with van der Waals surface area (Å²) in [6, 6.07) is 5.77. The maximum Gasteiger partial charge on any atom is 0.123 e. The van der Waals surface area contributed by atoms with Gasteiger partial charge in [0.25, 0.3) is 0 Å². The van der Waals surface area contributed by atoms with Crippen molar-refractivity contribution in [2.24, 2.45) is 0 Å². The summed E-state index contributed by atoms with van der Waals surface area (Å²) in [5.41, 5.74) is 0. The molecule has 0 fully saturated rings. The van der Waals surface area contributed by atoms with Gasteiger partial charge in [-0.2, -0.15) is 0 Å². The molecule has 14 heavy (non-hydrogen) atoms. The normalized spacial score (nSPS) is 14.9. The molecule has 0 heterocycles. The molecule has 0 aromatic heterocycles. The predicted molar refractivity (Wildman–Crippen MR) is 52.8 cm³/mol. The fourth-order valence-electron chi connectivity index (χ4n) is 1.14. The van der Waals surface area contributed by atoms with Gasteiger partial charge < -0.3 is 9.84 Å². The van der Waals surface area contributed by atoms with Gasteiger partial charge in [0.15, 0.2) is 0 Å². The summed E-state index contributed by atoms with van der Waals surface area (Å²) >= 11 is 0. The topological polar surface area (TPSA) is 29.5 Å². The molecule has 0 bridgehead atoms. The maximum atomic E-state index is 12.5. The number of benzene rings is 1. The number of hydrogen-bond donors (Lipinski definition) is 1. The summed E-state index contributed by atoms with van der Waals surface area (Å²) in [6.45, 7) is 3.67. The molecule has 0 aliphatic rings. The molecular weight excluding hydrogens is 183 g/mol. The first-order chi connectivity index (χ1) is 6.63. The van der Waals surface area contributed by atoms with Crippen molar-refractivity contribution in [1.82, 2.24) is 0 Å². The number of aliphatic hydroxyl groups excluding tert-OH is 1. The van der Waals surface area contributed by atoms with Crippen LogP contribution in [0.1, 0.15) is 20.3 Å². The Morgan fingerprint density at radius 1 is 1.36 bits per heavy atom. The molecule has 0 saturated carbocycles. The van der Waals surface area contributed by atoms with Gasteiger partial charge in [-0.3, -0.25) is 0 Å². The molecule has 78 valence electrons. The molecule has 0 radical (unpaired) electrons. The van der Waals surface area contributed by atoms with E-state index in [1.807, 2.05) is 6.92 Å². The van der Waals surface area contributed by atoms with Crippen molar-refractivity contribution in [3.05, 3.63) is 30.1 Å². The molecule has 1 aromatic carbocycles. The van der Waals surface area contributed by atoms with E-state index in [-0.39, 0.29) is 11.9 Å². The number of halogens is 1. The van der Waals surface area contributed by atoms with Gasteiger partial charge in [0.1, 0.15) is 17.7 Å². The molecule has 2 atom stereocenters. The van der Waals surface area contributed by atoms with Crippen LogP contribution in [0.15, 0.2) is 24.3 Å². The first-order valence-electron chi connectivity index (χ1n) is 4.73. The summed E-state index contributed by atoms with van der Waals surface area (Å²) in [5.74, 6) is 0.285. The Labute approximate surface area is 83.3 Å². The second-order valence-electron chi connectivity index (χ2n) is 3.25. The number of hydrogen-bond acceptors (Lipinski definition) is 2. The highest BCUT2D eigenvalue weighted by Crippen LogP contribution is 2.14. The first kappa shape index (κ1) is 11.0. The molecule has 0 aliphatic carbocycles. The molecular formula is C11H15FO2. The molecule has 0 saturated heterocycles. The molecule has 1 aromatic rings. The molecule has 2 nitrogen and oxygen atoms in total. The average molecular weight is 198 g/mol. The maximum absolute atomic E-state index is 12.5. The van der Waals surface area contributed by atoms with E-state index in [0.29, 0.717) is 12.2 Å². The van der Waals surface area contributed by atoms with E-state index in [2.05, 4.69) is 0 Å². The van der Waals surface area contributed by atoms with E-state index >= 15 is 0 Å². The van der Waals surface area contributed by atoms with Gasteiger partial charge in [0.05, 0.1) is 6.10 Å². The van der Waals surface area contributed by atoms with Crippen molar-refractivity contribution in [3.63, 3.8) is 0 Å². The largest absolute Gasteiger partial charge is 0.488 e. The van der Waals surface area contributed by atoms with Gasteiger partial charge in [-0.05, 0) is 37.6 Å². The predicted octanol–water partition coefficient (Wildman–Crippen LogP) is 2.36. The Bertz CT molecular complexity index is 271. The Morgan fingerprint density at radius 2 is 1.93 bits per heavy atom. The Hall–Kier alpha value is -1.09. The highest BCUT2D eigenvalue weighted by molar-refractivity contribution is 5.22. The third-order valence-electron chi connectivity index (χ3n) is 2.10. The van der Waals surface area contributed by atoms with Gasteiger partial charge in [-0.15, -0.1) is 0 Å². The Morgan fingerprint density at radius 3 is 2.43 bits per heavy atom. The Kier molecular flexibility index (Phi) is 3.89. The highest BCUT2D eigenvalue weighted by atomic mass is 19.1.